The molecule has 0 saturated carbocycles. The summed E-state index contributed by atoms with van der Waals surface area (Å²) in [6, 6.07) is 13.9. The summed E-state index contributed by atoms with van der Waals surface area (Å²) < 4.78 is 5.51. The summed E-state index contributed by atoms with van der Waals surface area (Å²) in [4.78, 5) is 17.6. The molecule has 1 amide bonds. The lowest BCUT2D eigenvalue weighted by atomic mass is 10.2. The highest BCUT2D eigenvalue weighted by molar-refractivity contribution is 7.99. The van der Waals surface area contributed by atoms with Gasteiger partial charge in [-0.15, -0.1) is 11.8 Å². The van der Waals surface area contributed by atoms with Crippen LogP contribution in [-0.4, -0.2) is 22.7 Å². The van der Waals surface area contributed by atoms with Crippen LogP contribution in [0.5, 0.6) is 5.88 Å². The first-order chi connectivity index (χ1) is 11.5. The Bertz CT molecular complexity index is 630. The van der Waals surface area contributed by atoms with Crippen LogP contribution >= 0.6 is 11.8 Å². The van der Waals surface area contributed by atoms with Crippen LogP contribution < -0.4 is 10.1 Å². The van der Waals surface area contributed by atoms with E-state index in [0.717, 1.165) is 11.3 Å². The van der Waals surface area contributed by atoms with Crippen molar-refractivity contribution in [3.05, 3.63) is 54.2 Å². The molecule has 2 rings (SSSR count). The Kier molecular flexibility index (Phi) is 7.12. The van der Waals surface area contributed by atoms with Gasteiger partial charge in [-0.05, 0) is 31.5 Å². The van der Waals surface area contributed by atoms with Gasteiger partial charge in [0.2, 0.25) is 11.8 Å². The fourth-order valence-electron chi connectivity index (χ4n) is 2.00. The highest BCUT2D eigenvalue weighted by Gasteiger charge is 2.13. The van der Waals surface area contributed by atoms with Crippen molar-refractivity contribution in [3.63, 3.8) is 0 Å². The number of carbonyl (C=O) groups is 1. The Morgan fingerprint density at radius 2 is 1.92 bits per heavy atom. The second-order valence-electron chi connectivity index (χ2n) is 5.91. The van der Waals surface area contributed by atoms with Crippen LogP contribution in [0, 0.1) is 5.92 Å². The van der Waals surface area contributed by atoms with Crippen LogP contribution in [0.25, 0.3) is 0 Å². The first-order valence-electron chi connectivity index (χ1n) is 8.11. The van der Waals surface area contributed by atoms with Gasteiger partial charge < -0.3 is 10.1 Å². The van der Waals surface area contributed by atoms with Gasteiger partial charge in [0, 0.05) is 35.4 Å². The van der Waals surface area contributed by atoms with Gasteiger partial charge >= 0.3 is 0 Å². The number of nitrogens with one attached hydrogen (secondary N) is 1. The first-order valence-corrected chi connectivity index (χ1v) is 9.10. The number of hydrogen-bond acceptors (Lipinski definition) is 4. The number of carbonyl (C=O) groups excluding carboxylic acids is 1. The predicted octanol–water partition coefficient (Wildman–Crippen LogP) is 3.91. The highest BCUT2D eigenvalue weighted by Crippen LogP contribution is 2.20. The van der Waals surface area contributed by atoms with E-state index in [0.29, 0.717) is 12.4 Å². The van der Waals surface area contributed by atoms with Gasteiger partial charge in [-0.1, -0.05) is 31.2 Å². The molecule has 0 spiro atoms. The van der Waals surface area contributed by atoms with Gasteiger partial charge in [0.15, 0.2) is 0 Å². The standard InChI is InChI=1S/C19H24N2O2S/c1-14(2)23-18-10-9-16(11-20-18)12-21-19(22)15(3)13-24-17-7-5-4-6-8-17/h4-11,14-15H,12-13H2,1-3H3,(H,21,22). The Labute approximate surface area is 148 Å². The van der Waals surface area contributed by atoms with Crippen molar-refractivity contribution in [3.8, 4) is 5.88 Å². The van der Waals surface area contributed by atoms with Crippen LogP contribution in [0.3, 0.4) is 0 Å². The molecule has 1 aromatic heterocycles. The Hall–Kier alpha value is -2.01. The van der Waals surface area contributed by atoms with Crippen molar-refractivity contribution in [1.82, 2.24) is 10.3 Å². The molecule has 0 bridgehead atoms. The van der Waals surface area contributed by atoms with Gasteiger partial charge in [-0.2, -0.15) is 0 Å². The third kappa shape index (κ3) is 6.24. The predicted molar refractivity (Wildman–Crippen MR) is 98.2 cm³/mol. The smallest absolute Gasteiger partial charge is 0.223 e. The summed E-state index contributed by atoms with van der Waals surface area (Å²) in [5.41, 5.74) is 0.961. The van der Waals surface area contributed by atoms with Crippen LogP contribution in [0.1, 0.15) is 26.3 Å². The molecular formula is C19H24N2O2S. The van der Waals surface area contributed by atoms with E-state index in [9.17, 15) is 4.79 Å². The van der Waals surface area contributed by atoms with Crippen LogP contribution in [0.4, 0.5) is 0 Å². The summed E-state index contributed by atoms with van der Waals surface area (Å²) in [5.74, 6) is 1.37. The average molecular weight is 344 g/mol. The molecule has 128 valence electrons. The highest BCUT2D eigenvalue weighted by atomic mass is 32.2. The Morgan fingerprint density at radius 1 is 1.17 bits per heavy atom. The summed E-state index contributed by atoms with van der Waals surface area (Å²) in [7, 11) is 0. The zero-order valence-electron chi connectivity index (χ0n) is 14.4. The minimum Gasteiger partial charge on any atom is -0.475 e. The number of nitrogens with zero attached hydrogens (tertiary/aromatic N) is 1. The summed E-state index contributed by atoms with van der Waals surface area (Å²) in [6.45, 7) is 6.35. The topological polar surface area (TPSA) is 51.2 Å². The lowest BCUT2D eigenvalue weighted by Gasteiger charge is -2.12. The van der Waals surface area contributed by atoms with E-state index < -0.39 is 0 Å². The van der Waals surface area contributed by atoms with E-state index in [1.807, 2.05) is 51.1 Å². The zero-order chi connectivity index (χ0) is 17.4. The molecule has 0 saturated heterocycles. The van der Waals surface area contributed by atoms with Crippen LogP contribution in [-0.2, 0) is 11.3 Å². The number of hydrogen-bond donors (Lipinski definition) is 1. The number of ether oxygens (including phenoxy) is 1. The third-order valence-corrected chi connectivity index (χ3v) is 4.58. The summed E-state index contributed by atoms with van der Waals surface area (Å²) in [6.07, 6.45) is 1.84. The van der Waals surface area contributed by atoms with Gasteiger partial charge in [0.05, 0.1) is 6.10 Å². The number of rotatable bonds is 8. The number of thioether (sulfide) groups is 1. The maximum Gasteiger partial charge on any atom is 0.223 e. The minimum absolute atomic E-state index is 0.0493. The van der Waals surface area contributed by atoms with Gasteiger partial charge in [0.25, 0.3) is 0 Å². The number of pyridine rings is 1. The lowest BCUT2D eigenvalue weighted by molar-refractivity contribution is -0.124. The van der Waals surface area contributed by atoms with Crippen molar-refractivity contribution < 1.29 is 9.53 Å². The molecule has 2 aromatic rings. The fourth-order valence-corrected chi connectivity index (χ4v) is 2.95. The molecule has 4 nitrogen and oxygen atoms in total. The van der Waals surface area contributed by atoms with Crippen molar-refractivity contribution >= 4 is 17.7 Å². The van der Waals surface area contributed by atoms with E-state index in [1.54, 1.807) is 18.0 Å². The number of amides is 1. The van der Waals surface area contributed by atoms with Crippen molar-refractivity contribution in [2.75, 3.05) is 5.75 Å². The van der Waals surface area contributed by atoms with Crippen molar-refractivity contribution in [2.24, 2.45) is 5.92 Å². The van der Waals surface area contributed by atoms with Crippen molar-refractivity contribution in [1.29, 1.82) is 0 Å². The molecule has 1 N–H and O–H groups in total. The molecule has 0 aliphatic carbocycles. The molecule has 1 aromatic carbocycles. The Morgan fingerprint density at radius 3 is 2.54 bits per heavy atom. The van der Waals surface area contributed by atoms with Gasteiger partial charge in [-0.3, -0.25) is 4.79 Å². The Balaban J connectivity index is 1.75. The second kappa shape index (κ2) is 9.33. The van der Waals surface area contributed by atoms with E-state index in [2.05, 4.69) is 22.4 Å². The monoisotopic (exact) mass is 344 g/mol. The van der Waals surface area contributed by atoms with E-state index in [-0.39, 0.29) is 17.9 Å². The molecule has 5 heteroatoms. The molecule has 0 radical (unpaired) electrons. The average Bonchev–Trinajstić information content (AvgIpc) is 2.59. The largest absolute Gasteiger partial charge is 0.475 e. The summed E-state index contributed by atoms with van der Waals surface area (Å²) in [5, 5.41) is 2.96. The van der Waals surface area contributed by atoms with E-state index in [4.69, 9.17) is 4.74 Å². The number of benzene rings is 1. The molecular weight excluding hydrogens is 320 g/mol. The van der Waals surface area contributed by atoms with Crippen LogP contribution in [0.2, 0.25) is 0 Å². The van der Waals surface area contributed by atoms with Gasteiger partial charge in [-0.25, -0.2) is 4.98 Å². The van der Waals surface area contributed by atoms with Crippen LogP contribution in [0.15, 0.2) is 53.6 Å². The minimum atomic E-state index is -0.0493. The van der Waals surface area contributed by atoms with E-state index in [1.165, 1.54) is 4.90 Å². The quantitative estimate of drug-likeness (QED) is 0.738. The molecule has 1 atom stereocenters. The molecule has 1 unspecified atom stereocenters. The maximum atomic E-state index is 12.2. The second-order valence-corrected chi connectivity index (χ2v) is 7.01. The van der Waals surface area contributed by atoms with Crippen molar-refractivity contribution in [2.45, 2.75) is 38.3 Å². The molecule has 0 fully saturated rings. The molecule has 0 aliphatic heterocycles. The van der Waals surface area contributed by atoms with E-state index >= 15 is 0 Å². The SMILES string of the molecule is CC(C)Oc1ccc(CNC(=O)C(C)CSc2ccccc2)cn1. The van der Waals surface area contributed by atoms with Gasteiger partial charge in [0.1, 0.15) is 0 Å². The summed E-state index contributed by atoms with van der Waals surface area (Å²) >= 11 is 1.70. The number of aromatic nitrogens is 1. The zero-order valence-corrected chi connectivity index (χ0v) is 15.2. The molecule has 24 heavy (non-hydrogen) atoms. The lowest BCUT2D eigenvalue weighted by Crippen LogP contribution is -2.30. The first kappa shape index (κ1) is 18.3. The maximum absolute atomic E-state index is 12.2. The normalized spacial score (nSPS) is 12.0. The fraction of sp³-hybridized carbons (Fsp3) is 0.368. The third-order valence-electron chi connectivity index (χ3n) is 3.31. The molecule has 1 heterocycles. The molecule has 0 aliphatic rings.